The molecule has 1 unspecified atom stereocenters. The molecule has 1 aliphatic rings. The second kappa shape index (κ2) is 7.19. The average Bonchev–Trinajstić information content (AvgIpc) is 3.18. The van der Waals surface area contributed by atoms with Crippen molar-refractivity contribution in [2.45, 2.75) is 19.4 Å². The third kappa shape index (κ3) is 3.53. The van der Waals surface area contributed by atoms with Crippen molar-refractivity contribution in [3.63, 3.8) is 0 Å². The van der Waals surface area contributed by atoms with Gasteiger partial charge in [-0.05, 0) is 53.1 Å². The molecule has 0 saturated heterocycles. The molecule has 5 heteroatoms. The highest BCUT2D eigenvalue weighted by atomic mass is 16.7. The van der Waals surface area contributed by atoms with Gasteiger partial charge in [-0.1, -0.05) is 30.3 Å². The molecule has 3 aromatic rings. The molecule has 0 saturated carbocycles. The van der Waals surface area contributed by atoms with Crippen molar-refractivity contribution in [3.8, 4) is 17.2 Å². The van der Waals surface area contributed by atoms with Gasteiger partial charge >= 0.3 is 0 Å². The summed E-state index contributed by atoms with van der Waals surface area (Å²) in [5.41, 5.74) is 1.96. The van der Waals surface area contributed by atoms with E-state index in [1.807, 2.05) is 55.5 Å². The molecule has 0 radical (unpaired) electrons. The second-order valence-electron chi connectivity index (χ2n) is 6.60. The minimum Gasteiger partial charge on any atom is -0.497 e. The van der Waals surface area contributed by atoms with E-state index in [0.29, 0.717) is 6.54 Å². The first kappa shape index (κ1) is 17.2. The summed E-state index contributed by atoms with van der Waals surface area (Å²) in [6.45, 7) is 2.61. The third-order valence-electron chi connectivity index (χ3n) is 4.87. The average molecular weight is 363 g/mol. The van der Waals surface area contributed by atoms with Crippen LogP contribution in [0.3, 0.4) is 0 Å². The van der Waals surface area contributed by atoms with Crippen molar-refractivity contribution in [3.05, 3.63) is 65.7 Å². The summed E-state index contributed by atoms with van der Waals surface area (Å²) in [5.74, 6) is 2.03. The lowest BCUT2D eigenvalue weighted by molar-refractivity contribution is -0.122. The zero-order valence-corrected chi connectivity index (χ0v) is 15.3. The van der Waals surface area contributed by atoms with Crippen LogP contribution in [0.2, 0.25) is 0 Å². The molecular weight excluding hydrogens is 342 g/mol. The second-order valence-corrected chi connectivity index (χ2v) is 6.60. The summed E-state index contributed by atoms with van der Waals surface area (Å²) in [6, 6.07) is 17.7. The number of ether oxygens (including phenoxy) is 3. The van der Waals surface area contributed by atoms with Crippen LogP contribution >= 0.6 is 0 Å². The fraction of sp³-hybridized carbons (Fsp3) is 0.227. The van der Waals surface area contributed by atoms with Gasteiger partial charge < -0.3 is 19.5 Å². The van der Waals surface area contributed by atoms with Crippen molar-refractivity contribution < 1.29 is 19.0 Å². The summed E-state index contributed by atoms with van der Waals surface area (Å²) in [7, 11) is 1.65. The van der Waals surface area contributed by atoms with E-state index in [2.05, 4.69) is 11.4 Å². The number of nitrogens with one attached hydrogen (secondary N) is 1. The van der Waals surface area contributed by atoms with Crippen LogP contribution in [0.5, 0.6) is 17.2 Å². The zero-order chi connectivity index (χ0) is 18.8. The molecular formula is C22H21NO4. The first-order chi connectivity index (χ1) is 13.1. The van der Waals surface area contributed by atoms with Gasteiger partial charge in [-0.3, -0.25) is 4.79 Å². The molecule has 4 rings (SSSR count). The Bertz CT molecular complexity index is 999. The normalized spacial score (nSPS) is 13.4. The van der Waals surface area contributed by atoms with Gasteiger partial charge in [-0.2, -0.15) is 0 Å². The lowest BCUT2D eigenvalue weighted by Crippen LogP contribution is -2.27. The van der Waals surface area contributed by atoms with Crippen molar-refractivity contribution in [1.82, 2.24) is 5.32 Å². The Balaban J connectivity index is 1.44. The van der Waals surface area contributed by atoms with Crippen LogP contribution < -0.4 is 19.5 Å². The van der Waals surface area contributed by atoms with E-state index >= 15 is 0 Å². The molecule has 1 heterocycles. The number of amides is 1. The number of methoxy groups -OCH3 is 1. The summed E-state index contributed by atoms with van der Waals surface area (Å²) >= 11 is 0. The predicted octanol–water partition coefficient (Wildman–Crippen LogP) is 4.00. The van der Waals surface area contributed by atoms with E-state index in [1.165, 1.54) is 0 Å². The molecule has 1 aliphatic heterocycles. The standard InChI is InChI=1S/C22H21NO4/c1-14(16-4-5-18-11-19(25-2)7-6-17(18)10-16)22(24)23-12-15-3-8-20-21(9-15)27-13-26-20/h3-11,14H,12-13H2,1-2H3,(H,23,24). The fourth-order valence-corrected chi connectivity index (χ4v) is 3.18. The Hall–Kier alpha value is -3.21. The molecule has 0 aromatic heterocycles. The molecule has 1 atom stereocenters. The summed E-state index contributed by atoms with van der Waals surface area (Å²) < 4.78 is 15.9. The van der Waals surface area contributed by atoms with Gasteiger partial charge in [0.25, 0.3) is 0 Å². The van der Waals surface area contributed by atoms with Crippen LogP contribution in [0.15, 0.2) is 54.6 Å². The molecule has 0 fully saturated rings. The Labute approximate surface area is 157 Å². The van der Waals surface area contributed by atoms with Crippen LogP contribution in [-0.2, 0) is 11.3 Å². The van der Waals surface area contributed by atoms with Gasteiger partial charge in [0.05, 0.1) is 13.0 Å². The van der Waals surface area contributed by atoms with Crippen molar-refractivity contribution >= 4 is 16.7 Å². The number of hydrogen-bond acceptors (Lipinski definition) is 4. The van der Waals surface area contributed by atoms with Gasteiger partial charge in [0.1, 0.15) is 5.75 Å². The van der Waals surface area contributed by atoms with Gasteiger partial charge in [-0.25, -0.2) is 0 Å². The van der Waals surface area contributed by atoms with Gasteiger partial charge in [0.2, 0.25) is 12.7 Å². The lowest BCUT2D eigenvalue weighted by atomic mass is 9.97. The number of hydrogen-bond donors (Lipinski definition) is 1. The molecule has 1 amide bonds. The Kier molecular flexibility index (Phi) is 4.59. The van der Waals surface area contributed by atoms with Crippen molar-refractivity contribution in [1.29, 1.82) is 0 Å². The summed E-state index contributed by atoms with van der Waals surface area (Å²) in [6.07, 6.45) is 0. The Morgan fingerprint density at radius 2 is 1.81 bits per heavy atom. The topological polar surface area (TPSA) is 56.8 Å². The van der Waals surface area contributed by atoms with Crippen LogP contribution in [0.1, 0.15) is 24.0 Å². The van der Waals surface area contributed by atoms with E-state index in [0.717, 1.165) is 39.1 Å². The van der Waals surface area contributed by atoms with Gasteiger partial charge in [0, 0.05) is 6.54 Å². The molecule has 5 nitrogen and oxygen atoms in total. The van der Waals surface area contributed by atoms with Gasteiger partial charge in [0.15, 0.2) is 11.5 Å². The van der Waals surface area contributed by atoms with Crippen molar-refractivity contribution in [2.24, 2.45) is 0 Å². The van der Waals surface area contributed by atoms with E-state index in [9.17, 15) is 4.79 Å². The highest BCUT2D eigenvalue weighted by Gasteiger charge is 2.17. The molecule has 0 aliphatic carbocycles. The molecule has 0 bridgehead atoms. The Morgan fingerprint density at radius 3 is 2.67 bits per heavy atom. The third-order valence-corrected chi connectivity index (χ3v) is 4.87. The van der Waals surface area contributed by atoms with E-state index in [4.69, 9.17) is 14.2 Å². The fourth-order valence-electron chi connectivity index (χ4n) is 3.18. The smallest absolute Gasteiger partial charge is 0.231 e. The van der Waals surface area contributed by atoms with Crippen molar-refractivity contribution in [2.75, 3.05) is 13.9 Å². The number of fused-ring (bicyclic) bond motifs is 2. The number of carbonyl (C=O) groups excluding carboxylic acids is 1. The SMILES string of the molecule is COc1ccc2cc(C(C)C(=O)NCc3ccc4c(c3)OCO4)ccc2c1. The maximum absolute atomic E-state index is 12.6. The van der Waals surface area contributed by atoms with Crippen LogP contribution in [0.4, 0.5) is 0 Å². The highest BCUT2D eigenvalue weighted by molar-refractivity contribution is 5.88. The van der Waals surface area contributed by atoms with Gasteiger partial charge in [-0.15, -0.1) is 0 Å². The quantitative estimate of drug-likeness (QED) is 0.744. The van der Waals surface area contributed by atoms with E-state index in [-0.39, 0.29) is 18.6 Å². The van der Waals surface area contributed by atoms with Crippen LogP contribution in [-0.4, -0.2) is 19.8 Å². The zero-order valence-electron chi connectivity index (χ0n) is 15.3. The largest absolute Gasteiger partial charge is 0.497 e. The first-order valence-electron chi connectivity index (χ1n) is 8.88. The van der Waals surface area contributed by atoms with E-state index in [1.54, 1.807) is 7.11 Å². The minimum absolute atomic E-state index is 0.0134. The summed E-state index contributed by atoms with van der Waals surface area (Å²) in [5, 5.41) is 5.18. The molecule has 3 aromatic carbocycles. The van der Waals surface area contributed by atoms with Crippen LogP contribution in [0, 0.1) is 0 Å². The number of benzene rings is 3. The predicted molar refractivity (Wildman–Crippen MR) is 103 cm³/mol. The maximum atomic E-state index is 12.6. The molecule has 138 valence electrons. The highest BCUT2D eigenvalue weighted by Crippen LogP contribution is 2.32. The number of rotatable bonds is 5. The maximum Gasteiger partial charge on any atom is 0.231 e. The lowest BCUT2D eigenvalue weighted by Gasteiger charge is -2.14. The molecule has 0 spiro atoms. The molecule has 27 heavy (non-hydrogen) atoms. The monoisotopic (exact) mass is 363 g/mol. The minimum atomic E-state index is -0.245. The number of carbonyl (C=O) groups is 1. The van der Waals surface area contributed by atoms with E-state index < -0.39 is 0 Å². The Morgan fingerprint density at radius 1 is 1.04 bits per heavy atom. The van der Waals surface area contributed by atoms with Crippen LogP contribution in [0.25, 0.3) is 10.8 Å². The molecule has 1 N–H and O–H groups in total. The first-order valence-corrected chi connectivity index (χ1v) is 8.88. The summed E-state index contributed by atoms with van der Waals surface area (Å²) in [4.78, 5) is 12.6.